The summed E-state index contributed by atoms with van der Waals surface area (Å²) in [5.74, 6) is 0. The summed E-state index contributed by atoms with van der Waals surface area (Å²) in [6.45, 7) is 7.21. The molecule has 1 aliphatic heterocycles. The summed E-state index contributed by atoms with van der Waals surface area (Å²) in [7, 11) is 0. The van der Waals surface area contributed by atoms with Gasteiger partial charge in [0.2, 0.25) is 0 Å². The Labute approximate surface area is 148 Å². The zero-order chi connectivity index (χ0) is 17.8. The SMILES string of the molecule is Cc1ccc(C)c(N2CCN(C(=O)Nc3cccc(C#N)c3)CC2)c1. The summed E-state index contributed by atoms with van der Waals surface area (Å²) in [4.78, 5) is 16.6. The normalized spacial score (nSPS) is 14.1. The lowest BCUT2D eigenvalue weighted by Crippen LogP contribution is -2.50. The van der Waals surface area contributed by atoms with E-state index in [1.807, 2.05) is 4.90 Å². The smallest absolute Gasteiger partial charge is 0.321 e. The first-order valence-corrected chi connectivity index (χ1v) is 8.45. The zero-order valence-corrected chi connectivity index (χ0v) is 14.6. The van der Waals surface area contributed by atoms with E-state index >= 15 is 0 Å². The van der Waals surface area contributed by atoms with Gasteiger partial charge in [0.05, 0.1) is 11.6 Å². The van der Waals surface area contributed by atoms with E-state index in [2.05, 4.69) is 48.3 Å². The predicted octanol–water partition coefficient (Wildman–Crippen LogP) is 3.53. The lowest BCUT2D eigenvalue weighted by atomic mass is 10.1. The third-order valence-electron chi connectivity index (χ3n) is 4.52. The molecule has 2 aromatic rings. The van der Waals surface area contributed by atoms with Crippen LogP contribution in [0.1, 0.15) is 16.7 Å². The molecule has 0 bridgehead atoms. The summed E-state index contributed by atoms with van der Waals surface area (Å²) in [5.41, 5.74) is 4.95. The minimum absolute atomic E-state index is 0.115. The van der Waals surface area contributed by atoms with Crippen molar-refractivity contribution in [2.75, 3.05) is 36.4 Å². The molecule has 0 atom stereocenters. The number of urea groups is 1. The van der Waals surface area contributed by atoms with Crippen molar-refractivity contribution >= 4 is 17.4 Å². The van der Waals surface area contributed by atoms with Crippen molar-refractivity contribution in [3.05, 3.63) is 59.2 Å². The van der Waals surface area contributed by atoms with Gasteiger partial charge in [0.15, 0.2) is 0 Å². The van der Waals surface area contributed by atoms with Gasteiger partial charge in [-0.2, -0.15) is 5.26 Å². The van der Waals surface area contributed by atoms with Crippen molar-refractivity contribution in [2.24, 2.45) is 0 Å². The second-order valence-corrected chi connectivity index (χ2v) is 6.39. The Morgan fingerprint density at radius 2 is 1.84 bits per heavy atom. The van der Waals surface area contributed by atoms with Crippen LogP contribution in [0.25, 0.3) is 0 Å². The summed E-state index contributed by atoms with van der Waals surface area (Å²) >= 11 is 0. The van der Waals surface area contributed by atoms with E-state index in [1.165, 1.54) is 16.8 Å². The molecule has 0 spiro atoms. The molecule has 2 aromatic carbocycles. The van der Waals surface area contributed by atoms with Crippen LogP contribution in [-0.4, -0.2) is 37.1 Å². The summed E-state index contributed by atoms with van der Waals surface area (Å²) in [6.07, 6.45) is 0. The zero-order valence-electron chi connectivity index (χ0n) is 14.6. The van der Waals surface area contributed by atoms with Crippen LogP contribution in [0.5, 0.6) is 0 Å². The molecule has 1 aliphatic rings. The molecule has 0 unspecified atom stereocenters. The molecule has 128 valence electrons. The largest absolute Gasteiger partial charge is 0.368 e. The molecule has 0 aromatic heterocycles. The van der Waals surface area contributed by atoms with Gasteiger partial charge >= 0.3 is 6.03 Å². The molecule has 5 nitrogen and oxygen atoms in total. The molecular formula is C20H22N4O. The van der Waals surface area contributed by atoms with Crippen LogP contribution in [-0.2, 0) is 0 Å². The molecule has 0 saturated carbocycles. The number of aryl methyl sites for hydroxylation is 2. The molecule has 1 fully saturated rings. The topological polar surface area (TPSA) is 59.4 Å². The number of hydrogen-bond donors (Lipinski definition) is 1. The first-order chi connectivity index (χ1) is 12.1. The second kappa shape index (κ2) is 7.27. The minimum Gasteiger partial charge on any atom is -0.368 e. The number of piperazine rings is 1. The number of benzene rings is 2. The van der Waals surface area contributed by atoms with Crippen LogP contribution in [0.15, 0.2) is 42.5 Å². The van der Waals surface area contributed by atoms with Crippen LogP contribution >= 0.6 is 0 Å². The third-order valence-corrected chi connectivity index (χ3v) is 4.52. The number of nitrogens with zero attached hydrogens (tertiary/aromatic N) is 3. The molecule has 25 heavy (non-hydrogen) atoms. The van der Waals surface area contributed by atoms with E-state index in [-0.39, 0.29) is 6.03 Å². The number of anilines is 2. The summed E-state index contributed by atoms with van der Waals surface area (Å²) in [6, 6.07) is 15.4. The minimum atomic E-state index is -0.115. The van der Waals surface area contributed by atoms with Gasteiger partial charge in [-0.1, -0.05) is 18.2 Å². The summed E-state index contributed by atoms with van der Waals surface area (Å²) in [5, 5.41) is 11.8. The maximum atomic E-state index is 12.4. The average molecular weight is 334 g/mol. The Kier molecular flexibility index (Phi) is 4.90. The van der Waals surface area contributed by atoms with Gasteiger partial charge < -0.3 is 15.1 Å². The second-order valence-electron chi connectivity index (χ2n) is 6.39. The van der Waals surface area contributed by atoms with Crippen molar-refractivity contribution in [3.8, 4) is 6.07 Å². The quantitative estimate of drug-likeness (QED) is 0.914. The monoisotopic (exact) mass is 334 g/mol. The number of carbonyl (C=O) groups excluding carboxylic acids is 1. The number of rotatable bonds is 2. The van der Waals surface area contributed by atoms with Crippen LogP contribution in [0.4, 0.5) is 16.2 Å². The molecule has 0 aliphatic carbocycles. The van der Waals surface area contributed by atoms with Crippen LogP contribution in [0.2, 0.25) is 0 Å². The van der Waals surface area contributed by atoms with E-state index in [9.17, 15) is 4.79 Å². The number of nitrogens with one attached hydrogen (secondary N) is 1. The van der Waals surface area contributed by atoms with Gasteiger partial charge in [-0.15, -0.1) is 0 Å². The Balaban J connectivity index is 1.61. The fourth-order valence-corrected chi connectivity index (χ4v) is 3.08. The molecular weight excluding hydrogens is 312 g/mol. The summed E-state index contributed by atoms with van der Waals surface area (Å²) < 4.78 is 0. The maximum absolute atomic E-state index is 12.4. The van der Waals surface area contributed by atoms with Gasteiger partial charge in [0.25, 0.3) is 0 Å². The third kappa shape index (κ3) is 3.92. The molecule has 0 radical (unpaired) electrons. The Morgan fingerprint density at radius 3 is 2.56 bits per heavy atom. The molecule has 1 saturated heterocycles. The van der Waals surface area contributed by atoms with E-state index in [4.69, 9.17) is 5.26 Å². The molecule has 2 amide bonds. The van der Waals surface area contributed by atoms with Gasteiger partial charge in [0, 0.05) is 37.6 Å². The van der Waals surface area contributed by atoms with E-state index in [0.717, 1.165) is 13.1 Å². The van der Waals surface area contributed by atoms with Crippen LogP contribution < -0.4 is 10.2 Å². The van der Waals surface area contributed by atoms with Crippen LogP contribution in [0, 0.1) is 25.2 Å². The fraction of sp³-hybridized carbons (Fsp3) is 0.300. The van der Waals surface area contributed by atoms with Crippen molar-refractivity contribution in [1.29, 1.82) is 5.26 Å². The van der Waals surface area contributed by atoms with Gasteiger partial charge in [-0.25, -0.2) is 4.79 Å². The standard InChI is InChI=1S/C20H22N4O/c1-15-6-7-16(2)19(12-15)23-8-10-24(11-9-23)20(25)22-18-5-3-4-17(13-18)14-21/h3-7,12-13H,8-11H2,1-2H3,(H,22,25). The fourth-order valence-electron chi connectivity index (χ4n) is 3.08. The van der Waals surface area contributed by atoms with E-state index in [0.29, 0.717) is 24.3 Å². The lowest BCUT2D eigenvalue weighted by Gasteiger charge is -2.36. The number of amides is 2. The number of hydrogen-bond acceptors (Lipinski definition) is 3. The van der Waals surface area contributed by atoms with Crippen molar-refractivity contribution in [1.82, 2.24) is 4.90 Å². The number of carbonyl (C=O) groups is 1. The Hall–Kier alpha value is -3.00. The molecule has 1 heterocycles. The van der Waals surface area contributed by atoms with Crippen molar-refractivity contribution in [2.45, 2.75) is 13.8 Å². The van der Waals surface area contributed by atoms with Gasteiger partial charge in [-0.05, 0) is 49.2 Å². The van der Waals surface area contributed by atoms with Crippen LogP contribution in [0.3, 0.4) is 0 Å². The average Bonchev–Trinajstić information content (AvgIpc) is 2.64. The van der Waals surface area contributed by atoms with Crippen molar-refractivity contribution in [3.63, 3.8) is 0 Å². The van der Waals surface area contributed by atoms with Gasteiger partial charge in [0.1, 0.15) is 0 Å². The first kappa shape index (κ1) is 16.8. The highest BCUT2D eigenvalue weighted by Gasteiger charge is 2.22. The molecule has 5 heteroatoms. The first-order valence-electron chi connectivity index (χ1n) is 8.45. The van der Waals surface area contributed by atoms with E-state index in [1.54, 1.807) is 24.3 Å². The highest BCUT2D eigenvalue weighted by molar-refractivity contribution is 5.89. The van der Waals surface area contributed by atoms with Crippen molar-refractivity contribution < 1.29 is 4.79 Å². The number of nitriles is 1. The van der Waals surface area contributed by atoms with E-state index < -0.39 is 0 Å². The highest BCUT2D eigenvalue weighted by atomic mass is 16.2. The Morgan fingerprint density at radius 1 is 1.08 bits per heavy atom. The highest BCUT2D eigenvalue weighted by Crippen LogP contribution is 2.23. The molecule has 3 rings (SSSR count). The molecule has 1 N–H and O–H groups in total. The van der Waals surface area contributed by atoms with Gasteiger partial charge in [-0.3, -0.25) is 0 Å². The lowest BCUT2D eigenvalue weighted by molar-refractivity contribution is 0.208. The maximum Gasteiger partial charge on any atom is 0.321 e. The predicted molar refractivity (Wildman–Crippen MR) is 99.9 cm³/mol. The Bertz CT molecular complexity index is 817.